The SMILES string of the molecule is O=S(=O)(Cc1ccccc1)Nc1cc[nH]c1. The third kappa shape index (κ3) is 2.87. The van der Waals surface area contributed by atoms with Gasteiger partial charge in [-0.15, -0.1) is 0 Å². The van der Waals surface area contributed by atoms with Crippen molar-refractivity contribution in [3.63, 3.8) is 0 Å². The molecule has 0 aliphatic heterocycles. The van der Waals surface area contributed by atoms with E-state index < -0.39 is 10.0 Å². The molecule has 0 fully saturated rings. The fourth-order valence-electron chi connectivity index (χ4n) is 1.40. The van der Waals surface area contributed by atoms with Crippen molar-refractivity contribution in [3.8, 4) is 0 Å². The summed E-state index contributed by atoms with van der Waals surface area (Å²) in [6.45, 7) is 0. The average molecular weight is 236 g/mol. The summed E-state index contributed by atoms with van der Waals surface area (Å²) < 4.78 is 26.0. The van der Waals surface area contributed by atoms with E-state index >= 15 is 0 Å². The first kappa shape index (κ1) is 10.8. The normalized spacial score (nSPS) is 11.2. The number of benzene rings is 1. The number of anilines is 1. The molecule has 0 radical (unpaired) electrons. The van der Waals surface area contributed by atoms with Crippen molar-refractivity contribution in [2.75, 3.05) is 4.72 Å². The van der Waals surface area contributed by atoms with Gasteiger partial charge >= 0.3 is 0 Å². The second kappa shape index (κ2) is 4.40. The Labute approximate surface area is 94.4 Å². The van der Waals surface area contributed by atoms with Crippen molar-refractivity contribution in [1.29, 1.82) is 0 Å². The average Bonchev–Trinajstić information content (AvgIpc) is 2.70. The number of hydrogen-bond acceptors (Lipinski definition) is 2. The number of hydrogen-bond donors (Lipinski definition) is 2. The van der Waals surface area contributed by atoms with Crippen LogP contribution in [0.25, 0.3) is 0 Å². The molecule has 1 aromatic carbocycles. The molecule has 0 saturated heterocycles. The summed E-state index contributed by atoms with van der Waals surface area (Å²) in [6.07, 6.45) is 3.27. The molecule has 16 heavy (non-hydrogen) atoms. The maximum Gasteiger partial charge on any atom is 0.236 e. The van der Waals surface area contributed by atoms with Crippen molar-refractivity contribution in [1.82, 2.24) is 4.98 Å². The van der Waals surface area contributed by atoms with Gasteiger partial charge in [-0.05, 0) is 11.6 Å². The molecule has 5 heteroatoms. The van der Waals surface area contributed by atoms with Crippen LogP contribution in [0.2, 0.25) is 0 Å². The van der Waals surface area contributed by atoms with Gasteiger partial charge in [-0.2, -0.15) is 0 Å². The smallest absolute Gasteiger partial charge is 0.236 e. The second-order valence-electron chi connectivity index (χ2n) is 3.45. The zero-order valence-corrected chi connectivity index (χ0v) is 9.37. The first-order valence-corrected chi connectivity index (χ1v) is 6.48. The molecule has 84 valence electrons. The van der Waals surface area contributed by atoms with Crippen LogP contribution in [0.1, 0.15) is 5.56 Å². The van der Waals surface area contributed by atoms with Crippen molar-refractivity contribution in [3.05, 3.63) is 54.4 Å². The minimum absolute atomic E-state index is 0.0149. The summed E-state index contributed by atoms with van der Waals surface area (Å²) in [6, 6.07) is 10.7. The molecular weight excluding hydrogens is 224 g/mol. The Morgan fingerprint density at radius 3 is 2.50 bits per heavy atom. The standard InChI is InChI=1S/C11H12N2O2S/c14-16(15,13-11-6-7-12-8-11)9-10-4-2-1-3-5-10/h1-8,12-13H,9H2. The predicted molar refractivity (Wildman–Crippen MR) is 63.5 cm³/mol. The summed E-state index contributed by atoms with van der Waals surface area (Å²) in [7, 11) is -3.33. The van der Waals surface area contributed by atoms with Gasteiger partial charge < -0.3 is 4.98 Å². The highest BCUT2D eigenvalue weighted by Crippen LogP contribution is 2.11. The Balaban J connectivity index is 2.09. The monoisotopic (exact) mass is 236 g/mol. The molecule has 2 N–H and O–H groups in total. The van der Waals surface area contributed by atoms with E-state index in [4.69, 9.17) is 0 Å². The molecule has 0 bridgehead atoms. The molecular formula is C11H12N2O2S. The molecule has 0 unspecified atom stereocenters. The van der Waals surface area contributed by atoms with Gasteiger partial charge in [0, 0.05) is 12.4 Å². The number of aromatic nitrogens is 1. The minimum Gasteiger partial charge on any atom is -0.366 e. The molecule has 0 saturated carbocycles. The van der Waals surface area contributed by atoms with Crippen LogP contribution in [0.3, 0.4) is 0 Å². The van der Waals surface area contributed by atoms with Crippen LogP contribution in [-0.4, -0.2) is 13.4 Å². The summed E-state index contributed by atoms with van der Waals surface area (Å²) in [5.74, 6) is -0.0149. The van der Waals surface area contributed by atoms with Crippen LogP contribution in [0.5, 0.6) is 0 Å². The lowest BCUT2D eigenvalue weighted by molar-refractivity contribution is 0.600. The van der Waals surface area contributed by atoms with Gasteiger partial charge in [0.05, 0.1) is 11.4 Å². The van der Waals surface area contributed by atoms with E-state index in [2.05, 4.69) is 9.71 Å². The van der Waals surface area contributed by atoms with Crippen LogP contribution in [-0.2, 0) is 15.8 Å². The topological polar surface area (TPSA) is 62.0 Å². The Hall–Kier alpha value is -1.75. The lowest BCUT2D eigenvalue weighted by Gasteiger charge is -2.05. The highest BCUT2D eigenvalue weighted by molar-refractivity contribution is 7.91. The largest absolute Gasteiger partial charge is 0.366 e. The molecule has 2 rings (SSSR count). The van der Waals surface area contributed by atoms with Crippen molar-refractivity contribution < 1.29 is 8.42 Å². The fourth-order valence-corrected chi connectivity index (χ4v) is 2.59. The lowest BCUT2D eigenvalue weighted by atomic mass is 10.2. The van der Waals surface area contributed by atoms with Crippen LogP contribution in [0.15, 0.2) is 48.8 Å². The zero-order valence-electron chi connectivity index (χ0n) is 8.55. The second-order valence-corrected chi connectivity index (χ2v) is 5.17. The van der Waals surface area contributed by atoms with Crippen molar-refractivity contribution >= 4 is 15.7 Å². The molecule has 0 atom stereocenters. The van der Waals surface area contributed by atoms with Crippen LogP contribution in [0.4, 0.5) is 5.69 Å². The molecule has 0 spiro atoms. The van der Waals surface area contributed by atoms with E-state index in [1.807, 2.05) is 18.2 Å². The molecule has 0 aliphatic carbocycles. The van der Waals surface area contributed by atoms with Crippen molar-refractivity contribution in [2.24, 2.45) is 0 Å². The van der Waals surface area contributed by atoms with Crippen LogP contribution in [0, 0.1) is 0 Å². The van der Waals surface area contributed by atoms with Gasteiger partial charge in [0.15, 0.2) is 0 Å². The maximum atomic E-state index is 11.7. The number of sulfonamides is 1. The molecule has 1 aromatic heterocycles. The summed E-state index contributed by atoms with van der Waals surface area (Å²) in [5.41, 5.74) is 1.32. The van der Waals surface area contributed by atoms with E-state index in [0.717, 1.165) is 5.56 Å². The Morgan fingerprint density at radius 2 is 1.88 bits per heavy atom. The van der Waals surface area contributed by atoms with Gasteiger partial charge in [-0.1, -0.05) is 30.3 Å². The zero-order chi connectivity index (χ0) is 11.4. The number of H-pyrrole nitrogens is 1. The molecule has 4 nitrogen and oxygen atoms in total. The Morgan fingerprint density at radius 1 is 1.12 bits per heavy atom. The number of rotatable bonds is 4. The van der Waals surface area contributed by atoms with Gasteiger partial charge in [0.2, 0.25) is 10.0 Å². The van der Waals surface area contributed by atoms with Crippen molar-refractivity contribution in [2.45, 2.75) is 5.75 Å². The van der Waals surface area contributed by atoms with Gasteiger partial charge in [0.1, 0.15) is 0 Å². The summed E-state index contributed by atoms with van der Waals surface area (Å²) in [5, 5.41) is 0. The van der Waals surface area contributed by atoms with E-state index in [0.29, 0.717) is 5.69 Å². The van der Waals surface area contributed by atoms with E-state index in [9.17, 15) is 8.42 Å². The fraction of sp³-hybridized carbons (Fsp3) is 0.0909. The van der Waals surface area contributed by atoms with Crippen LogP contribution < -0.4 is 4.72 Å². The maximum absolute atomic E-state index is 11.7. The quantitative estimate of drug-likeness (QED) is 0.852. The first-order chi connectivity index (χ1) is 7.66. The number of aromatic amines is 1. The highest BCUT2D eigenvalue weighted by atomic mass is 32.2. The Bertz CT molecular complexity index is 533. The highest BCUT2D eigenvalue weighted by Gasteiger charge is 2.11. The summed E-state index contributed by atoms with van der Waals surface area (Å²) >= 11 is 0. The summed E-state index contributed by atoms with van der Waals surface area (Å²) in [4.78, 5) is 2.79. The number of nitrogens with one attached hydrogen (secondary N) is 2. The van der Waals surface area contributed by atoms with Gasteiger partial charge in [0.25, 0.3) is 0 Å². The Kier molecular flexibility index (Phi) is 2.96. The molecule has 1 heterocycles. The van der Waals surface area contributed by atoms with Crippen LogP contribution >= 0.6 is 0 Å². The minimum atomic E-state index is -3.33. The van der Waals surface area contributed by atoms with Gasteiger partial charge in [-0.25, -0.2) is 8.42 Å². The first-order valence-electron chi connectivity index (χ1n) is 4.83. The predicted octanol–water partition coefficient (Wildman–Crippen LogP) is 1.96. The van der Waals surface area contributed by atoms with E-state index in [1.165, 1.54) is 0 Å². The third-order valence-electron chi connectivity index (χ3n) is 2.07. The van der Waals surface area contributed by atoms with E-state index in [-0.39, 0.29) is 5.75 Å². The molecule has 2 aromatic rings. The molecule has 0 aliphatic rings. The third-order valence-corrected chi connectivity index (χ3v) is 3.33. The van der Waals surface area contributed by atoms with Gasteiger partial charge in [-0.3, -0.25) is 4.72 Å². The molecule has 0 amide bonds. The lowest BCUT2D eigenvalue weighted by Crippen LogP contribution is -2.14. The van der Waals surface area contributed by atoms with E-state index in [1.54, 1.807) is 30.6 Å².